The fraction of sp³-hybridized carbons (Fsp3) is 0. The number of rotatable bonds is 2. The molecule has 0 saturated heterocycles. The predicted molar refractivity (Wildman–Crippen MR) is 52.9 cm³/mol. The summed E-state index contributed by atoms with van der Waals surface area (Å²) in [5.74, 6) is 0. The number of benzene rings is 1. The maximum absolute atomic E-state index is 4.10. The van der Waals surface area contributed by atoms with Crippen LogP contribution in [0.5, 0.6) is 0 Å². The molecule has 1 nitrogen and oxygen atoms in total. The Morgan fingerprint density at radius 2 is 1.73 bits per heavy atom. The summed E-state index contributed by atoms with van der Waals surface area (Å²) in [6, 6.07) is 8.29. The summed E-state index contributed by atoms with van der Waals surface area (Å²) in [6.45, 7) is 0. The minimum absolute atomic E-state index is 1.18. The van der Waals surface area contributed by atoms with Gasteiger partial charge >= 0.3 is 0 Å². The van der Waals surface area contributed by atoms with Gasteiger partial charge in [-0.3, -0.25) is 0 Å². The maximum Gasteiger partial charge on any atom is 0.0451 e. The summed E-state index contributed by atoms with van der Waals surface area (Å²) < 4.78 is 0. The molecule has 0 bridgehead atoms. The maximum atomic E-state index is 4.10. The van der Waals surface area contributed by atoms with Crippen molar-refractivity contribution in [2.75, 3.05) is 4.90 Å². The van der Waals surface area contributed by atoms with Crippen molar-refractivity contribution >= 4 is 28.1 Å². The largest absolute Gasteiger partial charge is 0.321 e. The van der Waals surface area contributed by atoms with Gasteiger partial charge in [-0.2, -0.15) is 0 Å². The third kappa shape index (κ3) is 1.54. The highest BCUT2D eigenvalue weighted by atomic mass is 33.1. The van der Waals surface area contributed by atoms with Gasteiger partial charge in [-0.25, -0.2) is 0 Å². The van der Waals surface area contributed by atoms with Crippen LogP contribution in [-0.2, 0) is 0 Å². The first-order valence-corrected chi connectivity index (χ1v) is 5.15. The number of hydrogen-bond acceptors (Lipinski definition) is 3. The quantitative estimate of drug-likeness (QED) is 0.552. The normalized spacial score (nSPS) is 13.7. The minimum Gasteiger partial charge on any atom is -0.321 e. The van der Waals surface area contributed by atoms with Crippen LogP contribution in [0, 0.1) is 0 Å². The summed E-state index contributed by atoms with van der Waals surface area (Å²) in [5, 5.41) is 0. The molecule has 0 unspecified atom stereocenters. The second-order valence-electron chi connectivity index (χ2n) is 2.29. The van der Waals surface area contributed by atoms with Gasteiger partial charge in [0.15, 0.2) is 0 Å². The van der Waals surface area contributed by atoms with Gasteiger partial charge in [-0.15, -0.1) is 11.7 Å². The molecular weight excluding hydrogens is 174 g/mol. The third-order valence-electron chi connectivity index (χ3n) is 1.54. The van der Waals surface area contributed by atoms with Crippen LogP contribution < -0.4 is 4.90 Å². The average Bonchev–Trinajstić information content (AvgIpc) is 2.87. The molecule has 0 N–H and O–H groups in total. The number of anilines is 1. The van der Waals surface area contributed by atoms with Crippen LogP contribution in [0.4, 0.5) is 5.69 Å². The van der Waals surface area contributed by atoms with Gasteiger partial charge in [0.1, 0.15) is 0 Å². The molecular formula is C8H7NS2. The second-order valence-corrected chi connectivity index (χ2v) is 3.49. The van der Waals surface area contributed by atoms with Gasteiger partial charge in [-0.05, 0) is 24.3 Å². The van der Waals surface area contributed by atoms with Gasteiger partial charge in [0.25, 0.3) is 0 Å². The fourth-order valence-electron chi connectivity index (χ4n) is 0.885. The first kappa shape index (κ1) is 7.13. The van der Waals surface area contributed by atoms with Gasteiger partial charge in [0.05, 0.1) is 0 Å². The van der Waals surface area contributed by atoms with Crippen LogP contribution >= 0.6 is 22.5 Å². The molecule has 1 aromatic rings. The fourth-order valence-corrected chi connectivity index (χ4v) is 1.51. The SMILES string of the molecule is SSc1ccc(N2C=C2)cc1. The molecule has 1 aliphatic rings. The van der Waals surface area contributed by atoms with E-state index in [9.17, 15) is 0 Å². The second kappa shape index (κ2) is 2.83. The molecule has 56 valence electrons. The lowest BCUT2D eigenvalue weighted by Crippen LogP contribution is -1.87. The van der Waals surface area contributed by atoms with Gasteiger partial charge < -0.3 is 4.90 Å². The Morgan fingerprint density at radius 3 is 2.18 bits per heavy atom. The van der Waals surface area contributed by atoms with Gasteiger partial charge in [0.2, 0.25) is 0 Å². The Hall–Kier alpha value is -0.540. The van der Waals surface area contributed by atoms with Crippen LogP contribution in [-0.4, -0.2) is 0 Å². The number of nitrogens with zero attached hydrogens (tertiary/aromatic N) is 1. The predicted octanol–water partition coefficient (Wildman–Crippen LogP) is 2.91. The van der Waals surface area contributed by atoms with E-state index in [0.29, 0.717) is 0 Å². The molecule has 1 aliphatic heterocycles. The van der Waals surface area contributed by atoms with E-state index in [1.807, 2.05) is 12.4 Å². The Labute approximate surface area is 74.9 Å². The van der Waals surface area contributed by atoms with Crippen LogP contribution in [0.25, 0.3) is 0 Å². The van der Waals surface area contributed by atoms with E-state index in [0.717, 1.165) is 0 Å². The molecule has 11 heavy (non-hydrogen) atoms. The van der Waals surface area contributed by atoms with Crippen molar-refractivity contribution in [3.63, 3.8) is 0 Å². The topological polar surface area (TPSA) is 3.01 Å². The molecule has 0 atom stereocenters. The zero-order valence-corrected chi connectivity index (χ0v) is 7.48. The zero-order valence-electron chi connectivity index (χ0n) is 5.77. The van der Waals surface area contributed by atoms with E-state index in [1.54, 1.807) is 0 Å². The molecule has 1 heterocycles. The molecule has 0 amide bonds. The highest BCUT2D eigenvalue weighted by molar-refractivity contribution is 8.68. The van der Waals surface area contributed by atoms with Crippen molar-refractivity contribution in [2.45, 2.75) is 4.90 Å². The van der Waals surface area contributed by atoms with Crippen LogP contribution in [0.2, 0.25) is 0 Å². The molecule has 2 rings (SSSR count). The Bertz CT molecular complexity index is 273. The van der Waals surface area contributed by atoms with E-state index in [2.05, 4.69) is 40.8 Å². The van der Waals surface area contributed by atoms with Crippen LogP contribution in [0.1, 0.15) is 0 Å². The molecule has 0 saturated carbocycles. The number of hydrogen-bond donors (Lipinski definition) is 1. The lowest BCUT2D eigenvalue weighted by Gasteiger charge is -2.02. The molecule has 0 aliphatic carbocycles. The van der Waals surface area contributed by atoms with Crippen LogP contribution in [0.15, 0.2) is 41.6 Å². The zero-order chi connectivity index (χ0) is 7.68. The number of thiol groups is 1. The highest BCUT2D eigenvalue weighted by Gasteiger charge is 2.07. The average molecular weight is 181 g/mol. The van der Waals surface area contributed by atoms with Gasteiger partial charge in [-0.1, -0.05) is 10.8 Å². The molecule has 0 fully saturated rings. The van der Waals surface area contributed by atoms with Crippen molar-refractivity contribution in [1.82, 2.24) is 0 Å². The molecule has 0 radical (unpaired) electrons. The first-order valence-electron chi connectivity index (χ1n) is 3.28. The summed E-state index contributed by atoms with van der Waals surface area (Å²) in [5.41, 5.74) is 1.22. The Morgan fingerprint density at radius 1 is 1.09 bits per heavy atom. The van der Waals surface area contributed by atoms with E-state index < -0.39 is 0 Å². The lowest BCUT2D eigenvalue weighted by molar-refractivity contribution is 1.40. The van der Waals surface area contributed by atoms with E-state index >= 15 is 0 Å². The third-order valence-corrected chi connectivity index (χ3v) is 2.65. The highest BCUT2D eigenvalue weighted by Crippen LogP contribution is 2.27. The smallest absolute Gasteiger partial charge is 0.0451 e. The molecule has 0 aromatic heterocycles. The lowest BCUT2D eigenvalue weighted by atomic mass is 10.3. The van der Waals surface area contributed by atoms with Gasteiger partial charge in [0, 0.05) is 23.0 Å². The van der Waals surface area contributed by atoms with E-state index in [4.69, 9.17) is 0 Å². The van der Waals surface area contributed by atoms with E-state index in [-0.39, 0.29) is 0 Å². The van der Waals surface area contributed by atoms with Crippen molar-refractivity contribution < 1.29 is 0 Å². The molecule has 1 aromatic carbocycles. The van der Waals surface area contributed by atoms with Crippen LogP contribution in [0.3, 0.4) is 0 Å². The first-order chi connectivity index (χ1) is 5.40. The Kier molecular flexibility index (Phi) is 1.84. The molecule has 3 heteroatoms. The monoisotopic (exact) mass is 181 g/mol. The van der Waals surface area contributed by atoms with E-state index in [1.165, 1.54) is 21.4 Å². The molecule has 0 spiro atoms. The minimum atomic E-state index is 1.18. The summed E-state index contributed by atoms with van der Waals surface area (Å²) in [4.78, 5) is 3.26. The summed E-state index contributed by atoms with van der Waals surface area (Å²) in [7, 11) is 1.47. The summed E-state index contributed by atoms with van der Waals surface area (Å²) in [6.07, 6.45) is 4.06. The van der Waals surface area contributed by atoms with Crippen molar-refractivity contribution in [3.8, 4) is 0 Å². The van der Waals surface area contributed by atoms with Crippen molar-refractivity contribution in [2.24, 2.45) is 0 Å². The Balaban J connectivity index is 2.19. The standard InChI is InChI=1S/C8H7NS2/c10-11-8-3-1-7(2-4-8)9-5-6-9/h1-6,10H. The van der Waals surface area contributed by atoms with Crippen molar-refractivity contribution in [1.29, 1.82) is 0 Å². The summed E-state index contributed by atoms with van der Waals surface area (Å²) >= 11 is 4.10. The van der Waals surface area contributed by atoms with Crippen molar-refractivity contribution in [3.05, 3.63) is 36.7 Å².